The summed E-state index contributed by atoms with van der Waals surface area (Å²) in [5, 5.41) is 22.8. The predicted molar refractivity (Wildman–Crippen MR) is 200 cm³/mol. The lowest BCUT2D eigenvalue weighted by atomic mass is 9.81. The zero-order valence-corrected chi connectivity index (χ0v) is 32.2. The fourth-order valence-corrected chi connectivity index (χ4v) is 8.55. The maximum absolute atomic E-state index is 14.9. The molecule has 292 valence electrons. The van der Waals surface area contributed by atoms with Crippen molar-refractivity contribution < 1.29 is 33.9 Å². The normalized spacial score (nSPS) is 24.8. The maximum atomic E-state index is 14.9. The van der Waals surface area contributed by atoms with Crippen LogP contribution in [0.4, 0.5) is 0 Å². The van der Waals surface area contributed by atoms with Crippen molar-refractivity contribution in [2.75, 3.05) is 0 Å². The van der Waals surface area contributed by atoms with Gasteiger partial charge in [-0.1, -0.05) is 96.6 Å². The first-order valence-electron chi connectivity index (χ1n) is 20.0. The van der Waals surface area contributed by atoms with E-state index in [4.69, 9.17) is 0 Å². The summed E-state index contributed by atoms with van der Waals surface area (Å²) in [7, 11) is 0. The number of carbonyl (C=O) groups is 6. The second kappa shape index (κ2) is 17.1. The van der Waals surface area contributed by atoms with E-state index in [1.165, 1.54) is 6.92 Å². The lowest BCUT2D eigenvalue weighted by Crippen LogP contribution is -2.63. The largest absolute Gasteiger partial charge is 0.376 e. The molecule has 3 aliphatic carbocycles. The molecule has 3 saturated carbocycles. The number of carbonyl (C=O) groups excluding carboxylic acids is 6. The molecule has 4 aliphatic rings. The molecule has 1 aliphatic heterocycles. The summed E-state index contributed by atoms with van der Waals surface area (Å²) >= 11 is 0. The Hall–Kier alpha value is -3.80. The van der Waals surface area contributed by atoms with Gasteiger partial charge >= 0.3 is 0 Å². The topological polar surface area (TPSA) is 174 Å². The van der Waals surface area contributed by atoms with Crippen LogP contribution in [0.3, 0.4) is 0 Å². The summed E-state index contributed by atoms with van der Waals surface area (Å²) in [6.45, 7) is 8.88. The fourth-order valence-electron chi connectivity index (χ4n) is 8.55. The van der Waals surface area contributed by atoms with Crippen molar-refractivity contribution in [2.24, 2.45) is 17.3 Å². The van der Waals surface area contributed by atoms with E-state index in [0.29, 0.717) is 37.7 Å². The second-order valence-electron chi connectivity index (χ2n) is 17.2. The molecular formula is C41H61N5O7. The van der Waals surface area contributed by atoms with Crippen LogP contribution in [0.5, 0.6) is 0 Å². The fraction of sp³-hybridized carbons (Fsp3) is 0.707. The second-order valence-corrected chi connectivity index (χ2v) is 17.2. The SMILES string of the molecule is CCC[C@H](NC(=O)[C@@H]1CC2CCCCC2N1C(=O)[C@@H](NC(=O)C(NC(=O)C(C)(O)c1ccccc1)C1CCCCC1)C(C)(C)C)C(=O)C(=O)NC1CC1. The van der Waals surface area contributed by atoms with Gasteiger partial charge in [-0.3, -0.25) is 28.8 Å². The lowest BCUT2D eigenvalue weighted by Gasteiger charge is -2.41. The molecule has 7 atom stereocenters. The Morgan fingerprint density at radius 3 is 2.09 bits per heavy atom. The predicted octanol–water partition coefficient (Wildman–Crippen LogP) is 3.78. The molecule has 1 aromatic carbocycles. The number of benzene rings is 1. The molecule has 0 bridgehead atoms. The molecule has 1 aromatic rings. The van der Waals surface area contributed by atoms with Gasteiger partial charge in [0, 0.05) is 12.1 Å². The van der Waals surface area contributed by atoms with E-state index < -0.39 is 64.6 Å². The van der Waals surface area contributed by atoms with Crippen LogP contribution in [0.1, 0.15) is 130 Å². The molecule has 0 aromatic heterocycles. The Morgan fingerprint density at radius 1 is 0.830 bits per heavy atom. The van der Waals surface area contributed by atoms with Gasteiger partial charge in [0.25, 0.3) is 11.8 Å². The molecule has 0 radical (unpaired) electrons. The van der Waals surface area contributed by atoms with E-state index >= 15 is 0 Å². The van der Waals surface area contributed by atoms with Crippen LogP contribution < -0.4 is 21.3 Å². The van der Waals surface area contributed by atoms with E-state index in [2.05, 4.69) is 21.3 Å². The number of hydrogen-bond donors (Lipinski definition) is 5. The summed E-state index contributed by atoms with van der Waals surface area (Å²) in [6, 6.07) is 4.48. The monoisotopic (exact) mass is 735 g/mol. The van der Waals surface area contributed by atoms with Crippen molar-refractivity contribution >= 4 is 35.3 Å². The Bertz CT molecular complexity index is 1500. The smallest absolute Gasteiger partial charge is 0.289 e. The third-order valence-corrected chi connectivity index (χ3v) is 11.9. The van der Waals surface area contributed by atoms with Gasteiger partial charge in [0.05, 0.1) is 6.04 Å². The van der Waals surface area contributed by atoms with Crippen LogP contribution in [-0.2, 0) is 34.4 Å². The lowest BCUT2D eigenvalue weighted by molar-refractivity contribution is -0.148. The number of nitrogens with zero attached hydrogens (tertiary/aromatic N) is 1. The van der Waals surface area contributed by atoms with Crippen molar-refractivity contribution in [2.45, 2.75) is 166 Å². The van der Waals surface area contributed by atoms with Crippen LogP contribution >= 0.6 is 0 Å². The van der Waals surface area contributed by atoms with Crippen LogP contribution in [0.2, 0.25) is 0 Å². The molecule has 1 heterocycles. The van der Waals surface area contributed by atoms with Gasteiger partial charge in [-0.25, -0.2) is 0 Å². The minimum atomic E-state index is -1.89. The first-order valence-corrected chi connectivity index (χ1v) is 20.0. The molecule has 5 amide bonds. The molecule has 5 N–H and O–H groups in total. The molecule has 0 spiro atoms. The maximum Gasteiger partial charge on any atom is 0.289 e. The Kier molecular flexibility index (Phi) is 13.0. The standard InChI is InChI=1S/C41H61N5O7/c1-6-15-29(33(47)37(50)42-28-22-23-28)43-35(48)31-24-26-18-13-14-21-30(26)46(31)38(51)34(40(2,3)4)45-36(49)32(25-16-9-7-10-17-25)44-39(52)41(5,53)27-19-11-8-12-20-27/h8,11-12,19-20,25-26,28-32,34,53H,6-7,9-10,13-18,21-24H2,1-5H3,(H,42,50)(H,43,48)(H,44,52)(H,45,49)/t26?,29-,30?,31-,32?,34+,41?/m0/s1. The Labute approximate surface area is 314 Å². The quantitative estimate of drug-likeness (QED) is 0.181. The molecular weight excluding hydrogens is 674 g/mol. The molecule has 4 unspecified atom stereocenters. The van der Waals surface area contributed by atoms with E-state index in [0.717, 1.165) is 57.8 Å². The van der Waals surface area contributed by atoms with Gasteiger partial charge in [0.1, 0.15) is 18.1 Å². The highest BCUT2D eigenvalue weighted by atomic mass is 16.3. The van der Waals surface area contributed by atoms with Crippen molar-refractivity contribution in [3.05, 3.63) is 35.9 Å². The minimum absolute atomic E-state index is 0.00286. The van der Waals surface area contributed by atoms with E-state index in [-0.39, 0.29) is 29.8 Å². The first-order chi connectivity index (χ1) is 25.1. The van der Waals surface area contributed by atoms with Crippen LogP contribution in [0.25, 0.3) is 0 Å². The Balaban J connectivity index is 1.39. The van der Waals surface area contributed by atoms with E-state index in [1.807, 2.05) is 27.7 Å². The summed E-state index contributed by atoms with van der Waals surface area (Å²) in [5.74, 6) is -3.51. The number of fused-ring (bicyclic) bond motifs is 1. The zero-order valence-electron chi connectivity index (χ0n) is 32.2. The van der Waals surface area contributed by atoms with Crippen LogP contribution in [0, 0.1) is 17.3 Å². The molecule has 53 heavy (non-hydrogen) atoms. The van der Waals surface area contributed by atoms with Crippen molar-refractivity contribution in [3.8, 4) is 0 Å². The summed E-state index contributed by atoms with van der Waals surface area (Å²) in [5.41, 5.74) is -2.27. The van der Waals surface area contributed by atoms with Gasteiger partial charge in [0.2, 0.25) is 23.5 Å². The Morgan fingerprint density at radius 2 is 1.47 bits per heavy atom. The van der Waals surface area contributed by atoms with Gasteiger partial charge in [-0.15, -0.1) is 0 Å². The van der Waals surface area contributed by atoms with E-state index in [9.17, 15) is 33.9 Å². The molecule has 4 fully saturated rings. The molecule has 12 nitrogen and oxygen atoms in total. The number of ketones is 1. The number of Topliss-reactive ketones (excluding diaryl/α,β-unsaturated/α-hetero) is 1. The number of aliphatic hydroxyl groups is 1. The number of hydrogen-bond acceptors (Lipinski definition) is 7. The third-order valence-electron chi connectivity index (χ3n) is 11.9. The van der Waals surface area contributed by atoms with Crippen molar-refractivity contribution in [1.29, 1.82) is 0 Å². The third kappa shape index (κ3) is 9.66. The summed E-state index contributed by atoms with van der Waals surface area (Å²) in [6.07, 6.45) is 10.7. The number of amides is 5. The number of rotatable bonds is 14. The average molecular weight is 736 g/mol. The van der Waals surface area contributed by atoms with Gasteiger partial charge in [0.15, 0.2) is 5.60 Å². The highest BCUT2D eigenvalue weighted by molar-refractivity contribution is 6.38. The highest BCUT2D eigenvalue weighted by Crippen LogP contribution is 2.41. The van der Waals surface area contributed by atoms with Crippen LogP contribution in [-0.4, -0.2) is 81.6 Å². The summed E-state index contributed by atoms with van der Waals surface area (Å²) < 4.78 is 0. The highest BCUT2D eigenvalue weighted by Gasteiger charge is 2.51. The molecule has 1 saturated heterocycles. The molecule has 5 rings (SSSR count). The van der Waals surface area contributed by atoms with Gasteiger partial charge < -0.3 is 31.3 Å². The first kappa shape index (κ1) is 40.4. The van der Waals surface area contributed by atoms with Crippen molar-refractivity contribution in [1.82, 2.24) is 26.2 Å². The van der Waals surface area contributed by atoms with Gasteiger partial charge in [-0.2, -0.15) is 0 Å². The summed E-state index contributed by atoms with van der Waals surface area (Å²) in [4.78, 5) is 84.7. The van der Waals surface area contributed by atoms with E-state index in [1.54, 1.807) is 35.2 Å². The average Bonchev–Trinajstić information content (AvgIpc) is 3.87. The molecule has 12 heteroatoms. The van der Waals surface area contributed by atoms with Gasteiger partial charge in [-0.05, 0) is 81.1 Å². The van der Waals surface area contributed by atoms with Crippen molar-refractivity contribution in [3.63, 3.8) is 0 Å². The number of likely N-dealkylation sites (tertiary alicyclic amines) is 1. The minimum Gasteiger partial charge on any atom is -0.376 e. The zero-order chi connectivity index (χ0) is 38.5. The number of nitrogens with one attached hydrogen (secondary N) is 4. The van der Waals surface area contributed by atoms with Crippen LogP contribution in [0.15, 0.2) is 30.3 Å².